The number of likely N-dealkylation sites (tertiary alicyclic amines) is 1. The van der Waals surface area contributed by atoms with E-state index in [2.05, 4.69) is 45.5 Å². The molecule has 174 valence electrons. The summed E-state index contributed by atoms with van der Waals surface area (Å²) in [4.78, 5) is 17.2. The summed E-state index contributed by atoms with van der Waals surface area (Å²) in [7, 11) is 0. The van der Waals surface area contributed by atoms with Crippen molar-refractivity contribution < 1.29 is 4.79 Å². The molecule has 2 heterocycles. The number of anilines is 1. The van der Waals surface area contributed by atoms with Gasteiger partial charge in [0.2, 0.25) is 5.91 Å². The Morgan fingerprint density at radius 1 is 1.06 bits per heavy atom. The second-order valence-electron chi connectivity index (χ2n) is 8.45. The number of aromatic nitrogens is 3. The molecule has 8 heteroatoms. The van der Waals surface area contributed by atoms with E-state index in [0.717, 1.165) is 44.5 Å². The minimum absolute atomic E-state index is 0.0827. The van der Waals surface area contributed by atoms with Crippen LogP contribution in [0.1, 0.15) is 37.3 Å². The van der Waals surface area contributed by atoms with E-state index in [0.29, 0.717) is 28.8 Å². The van der Waals surface area contributed by atoms with Crippen LogP contribution >= 0.6 is 23.2 Å². The first-order valence-corrected chi connectivity index (χ1v) is 12.2. The average Bonchev–Trinajstić information content (AvgIpc) is 3.29. The van der Waals surface area contributed by atoms with Crippen molar-refractivity contribution in [1.82, 2.24) is 19.9 Å². The fourth-order valence-electron chi connectivity index (χ4n) is 4.32. The van der Waals surface area contributed by atoms with Crippen LogP contribution in [0.3, 0.4) is 0 Å². The van der Waals surface area contributed by atoms with Gasteiger partial charge in [0, 0.05) is 32.1 Å². The molecule has 0 radical (unpaired) electrons. The van der Waals surface area contributed by atoms with Crippen molar-refractivity contribution >= 4 is 34.9 Å². The Hall–Kier alpha value is -2.41. The first kappa shape index (κ1) is 23.7. The van der Waals surface area contributed by atoms with Crippen LogP contribution in [0.25, 0.3) is 0 Å². The van der Waals surface area contributed by atoms with E-state index in [1.165, 1.54) is 5.56 Å². The van der Waals surface area contributed by atoms with Crippen LogP contribution in [0, 0.1) is 0 Å². The molecule has 33 heavy (non-hydrogen) atoms. The van der Waals surface area contributed by atoms with Gasteiger partial charge in [-0.25, -0.2) is 4.68 Å². The largest absolute Gasteiger partial charge is 0.303 e. The second kappa shape index (κ2) is 11.1. The van der Waals surface area contributed by atoms with E-state index in [1.54, 1.807) is 10.7 Å². The standard InChI is InChI=1S/C25H29Cl2N5O/c1-2-25(33)32(21-11-14-30(15-12-21)13-10-19-6-4-3-5-7-19)24-18-31(29-28-24)17-20-8-9-22(26)23(27)16-20/h3-9,16,18,21H,2,10-15,17H2,1H3. The number of benzene rings is 2. The Labute approximate surface area is 205 Å². The molecule has 6 nitrogen and oxygen atoms in total. The molecule has 0 N–H and O–H groups in total. The van der Waals surface area contributed by atoms with Crippen LogP contribution in [0.15, 0.2) is 54.7 Å². The van der Waals surface area contributed by atoms with Crippen molar-refractivity contribution in [3.8, 4) is 0 Å². The lowest BCUT2D eigenvalue weighted by Gasteiger charge is -2.37. The van der Waals surface area contributed by atoms with Crippen LogP contribution in [0.5, 0.6) is 0 Å². The lowest BCUT2D eigenvalue weighted by Crippen LogP contribution is -2.48. The highest BCUT2D eigenvalue weighted by Gasteiger charge is 2.30. The lowest BCUT2D eigenvalue weighted by atomic mass is 10.0. The number of carbonyl (C=O) groups is 1. The third-order valence-electron chi connectivity index (χ3n) is 6.15. The number of carbonyl (C=O) groups excluding carboxylic acids is 1. The van der Waals surface area contributed by atoms with Crippen LogP contribution < -0.4 is 4.90 Å². The summed E-state index contributed by atoms with van der Waals surface area (Å²) >= 11 is 12.1. The molecule has 0 aliphatic carbocycles. The summed E-state index contributed by atoms with van der Waals surface area (Å²) in [5.74, 6) is 0.698. The molecule has 1 fully saturated rings. The molecule has 1 aliphatic rings. The third kappa shape index (κ3) is 6.14. The monoisotopic (exact) mass is 485 g/mol. The van der Waals surface area contributed by atoms with Crippen LogP contribution in [-0.4, -0.2) is 51.5 Å². The zero-order valence-electron chi connectivity index (χ0n) is 18.8. The topological polar surface area (TPSA) is 54.3 Å². The van der Waals surface area contributed by atoms with Crippen molar-refractivity contribution in [2.45, 2.75) is 45.2 Å². The van der Waals surface area contributed by atoms with Gasteiger partial charge in [0.05, 0.1) is 22.8 Å². The normalized spacial score (nSPS) is 15.0. The van der Waals surface area contributed by atoms with Crippen molar-refractivity contribution in [2.75, 3.05) is 24.5 Å². The van der Waals surface area contributed by atoms with Gasteiger partial charge in [-0.05, 0) is 42.5 Å². The molecule has 1 saturated heterocycles. The molecule has 1 aromatic heterocycles. The Bertz CT molecular complexity index is 1060. The van der Waals surface area contributed by atoms with E-state index in [9.17, 15) is 4.79 Å². The molecule has 0 unspecified atom stereocenters. The van der Waals surface area contributed by atoms with Crippen LogP contribution in [0.2, 0.25) is 10.0 Å². The number of rotatable bonds is 8. The molecule has 0 bridgehead atoms. The fraction of sp³-hybridized carbons (Fsp3) is 0.400. The number of hydrogen-bond acceptors (Lipinski definition) is 4. The number of nitrogens with zero attached hydrogens (tertiary/aromatic N) is 5. The Balaban J connectivity index is 1.38. The van der Waals surface area contributed by atoms with Crippen LogP contribution in [-0.2, 0) is 17.8 Å². The SMILES string of the molecule is CCC(=O)N(c1cn(Cc2ccc(Cl)c(Cl)c2)nn1)C1CCN(CCc2ccccc2)CC1. The fourth-order valence-corrected chi connectivity index (χ4v) is 4.64. The smallest absolute Gasteiger partial charge is 0.228 e. The number of amides is 1. The Morgan fingerprint density at radius 3 is 2.52 bits per heavy atom. The summed E-state index contributed by atoms with van der Waals surface area (Å²) < 4.78 is 1.74. The summed E-state index contributed by atoms with van der Waals surface area (Å²) in [5.41, 5.74) is 2.34. The van der Waals surface area contributed by atoms with Crippen molar-refractivity contribution in [2.24, 2.45) is 0 Å². The van der Waals surface area contributed by atoms with Gasteiger partial charge in [-0.3, -0.25) is 9.69 Å². The third-order valence-corrected chi connectivity index (χ3v) is 6.89. The van der Waals surface area contributed by atoms with E-state index >= 15 is 0 Å². The molecular weight excluding hydrogens is 457 g/mol. The average molecular weight is 486 g/mol. The summed E-state index contributed by atoms with van der Waals surface area (Å²) in [6.45, 7) is 5.39. The number of halogens is 2. The second-order valence-corrected chi connectivity index (χ2v) is 9.26. The maximum Gasteiger partial charge on any atom is 0.228 e. The Morgan fingerprint density at radius 2 is 1.82 bits per heavy atom. The van der Waals surface area contributed by atoms with Gasteiger partial charge in [-0.1, -0.05) is 71.7 Å². The predicted molar refractivity (Wildman–Crippen MR) is 133 cm³/mol. The van der Waals surface area contributed by atoms with Crippen molar-refractivity contribution in [3.05, 3.63) is 75.9 Å². The first-order chi connectivity index (χ1) is 16.0. The maximum atomic E-state index is 12.9. The maximum absolute atomic E-state index is 12.9. The van der Waals surface area contributed by atoms with Gasteiger partial charge in [-0.2, -0.15) is 0 Å². The number of piperidine rings is 1. The van der Waals surface area contributed by atoms with E-state index < -0.39 is 0 Å². The van der Waals surface area contributed by atoms with Gasteiger partial charge >= 0.3 is 0 Å². The quantitative estimate of drug-likeness (QED) is 0.446. The minimum atomic E-state index is 0.0827. The molecule has 1 aliphatic heterocycles. The van der Waals surface area contributed by atoms with Crippen LogP contribution in [0.4, 0.5) is 5.82 Å². The molecular formula is C25H29Cl2N5O. The molecule has 3 aromatic rings. The van der Waals surface area contributed by atoms with Crippen molar-refractivity contribution in [3.63, 3.8) is 0 Å². The highest BCUT2D eigenvalue weighted by Crippen LogP contribution is 2.25. The highest BCUT2D eigenvalue weighted by atomic mass is 35.5. The predicted octanol–water partition coefficient (Wildman–Crippen LogP) is 5.08. The summed E-state index contributed by atoms with van der Waals surface area (Å²) in [6, 6.07) is 16.2. The molecule has 1 amide bonds. The Kier molecular flexibility index (Phi) is 8.02. The summed E-state index contributed by atoms with van der Waals surface area (Å²) in [5, 5.41) is 9.63. The summed E-state index contributed by atoms with van der Waals surface area (Å²) in [6.07, 6.45) is 5.19. The van der Waals surface area contributed by atoms with E-state index in [1.807, 2.05) is 30.2 Å². The van der Waals surface area contributed by atoms with Crippen molar-refractivity contribution in [1.29, 1.82) is 0 Å². The lowest BCUT2D eigenvalue weighted by molar-refractivity contribution is -0.119. The van der Waals surface area contributed by atoms with E-state index in [-0.39, 0.29) is 11.9 Å². The zero-order valence-corrected chi connectivity index (χ0v) is 20.3. The number of hydrogen-bond donors (Lipinski definition) is 0. The first-order valence-electron chi connectivity index (χ1n) is 11.5. The van der Waals surface area contributed by atoms with Gasteiger partial charge < -0.3 is 4.90 Å². The zero-order chi connectivity index (χ0) is 23.2. The van der Waals surface area contributed by atoms with Gasteiger partial charge in [0.25, 0.3) is 0 Å². The van der Waals surface area contributed by atoms with E-state index in [4.69, 9.17) is 23.2 Å². The molecule has 0 spiro atoms. The van der Waals surface area contributed by atoms with Gasteiger partial charge in [-0.15, -0.1) is 5.10 Å². The molecule has 2 aromatic carbocycles. The van der Waals surface area contributed by atoms with Gasteiger partial charge in [0.15, 0.2) is 5.82 Å². The highest BCUT2D eigenvalue weighted by molar-refractivity contribution is 6.42. The minimum Gasteiger partial charge on any atom is -0.303 e. The van der Waals surface area contributed by atoms with Gasteiger partial charge in [0.1, 0.15) is 0 Å². The molecule has 0 saturated carbocycles. The molecule has 4 rings (SSSR count). The molecule has 0 atom stereocenters.